The maximum absolute atomic E-state index is 12.1. The molecule has 0 aliphatic carbocycles. The van der Waals surface area contributed by atoms with Gasteiger partial charge in [0.2, 0.25) is 15.9 Å². The van der Waals surface area contributed by atoms with E-state index < -0.39 is 10.0 Å². The predicted octanol–water partition coefficient (Wildman–Crippen LogP) is 1.90. The molecule has 0 atom stereocenters. The summed E-state index contributed by atoms with van der Waals surface area (Å²) in [6, 6.07) is 14.2. The number of aryl methyl sites for hydroxylation is 2. The van der Waals surface area contributed by atoms with Crippen molar-refractivity contribution in [2.75, 3.05) is 6.54 Å². The Morgan fingerprint density at radius 1 is 1.00 bits per heavy atom. The van der Waals surface area contributed by atoms with Gasteiger partial charge in [0, 0.05) is 6.54 Å². The Kier molecular flexibility index (Phi) is 5.52. The van der Waals surface area contributed by atoms with Crippen LogP contribution in [-0.2, 0) is 21.4 Å². The first kappa shape index (κ1) is 17.2. The number of carbonyl (C=O) groups is 1. The molecule has 2 aromatic carbocycles. The van der Waals surface area contributed by atoms with E-state index in [4.69, 9.17) is 0 Å². The van der Waals surface area contributed by atoms with Gasteiger partial charge in [-0.1, -0.05) is 42.0 Å². The van der Waals surface area contributed by atoms with E-state index in [1.165, 1.54) is 12.1 Å². The van der Waals surface area contributed by atoms with E-state index >= 15 is 0 Å². The van der Waals surface area contributed by atoms with E-state index in [9.17, 15) is 13.2 Å². The van der Waals surface area contributed by atoms with Crippen molar-refractivity contribution in [3.05, 3.63) is 65.2 Å². The summed E-state index contributed by atoms with van der Waals surface area (Å²) in [6.07, 6.45) is 0. The molecule has 0 radical (unpaired) electrons. The molecule has 0 aliphatic rings. The molecule has 122 valence electrons. The lowest BCUT2D eigenvalue weighted by Crippen LogP contribution is -2.36. The zero-order valence-corrected chi connectivity index (χ0v) is 14.0. The highest BCUT2D eigenvalue weighted by Gasteiger charge is 2.15. The second kappa shape index (κ2) is 7.39. The number of carbonyl (C=O) groups excluding carboxylic acids is 1. The van der Waals surface area contributed by atoms with Crippen LogP contribution in [0.15, 0.2) is 53.4 Å². The van der Waals surface area contributed by atoms with E-state index in [0.717, 1.165) is 16.7 Å². The fourth-order valence-corrected chi connectivity index (χ4v) is 3.01. The number of hydrogen-bond acceptors (Lipinski definition) is 3. The summed E-state index contributed by atoms with van der Waals surface area (Å²) in [5.74, 6) is -0.371. The number of amides is 1. The molecule has 0 unspecified atom stereocenters. The van der Waals surface area contributed by atoms with E-state index in [2.05, 4.69) is 10.0 Å². The topological polar surface area (TPSA) is 75.3 Å². The smallest absolute Gasteiger partial charge is 0.241 e. The van der Waals surface area contributed by atoms with E-state index in [0.29, 0.717) is 6.54 Å². The Morgan fingerprint density at radius 3 is 2.30 bits per heavy atom. The predicted molar refractivity (Wildman–Crippen MR) is 89.4 cm³/mol. The van der Waals surface area contributed by atoms with Gasteiger partial charge in [0.05, 0.1) is 11.4 Å². The third-order valence-electron chi connectivity index (χ3n) is 3.49. The third-order valence-corrected chi connectivity index (χ3v) is 4.91. The molecule has 0 saturated heterocycles. The van der Waals surface area contributed by atoms with Crippen molar-refractivity contribution in [3.63, 3.8) is 0 Å². The van der Waals surface area contributed by atoms with Gasteiger partial charge in [-0.2, -0.15) is 0 Å². The van der Waals surface area contributed by atoms with Gasteiger partial charge in [-0.15, -0.1) is 0 Å². The zero-order chi connectivity index (χ0) is 16.9. The Bertz CT molecular complexity index is 784. The minimum atomic E-state index is -3.67. The Balaban J connectivity index is 1.89. The van der Waals surface area contributed by atoms with Crippen LogP contribution < -0.4 is 10.0 Å². The molecule has 0 heterocycles. The average Bonchev–Trinajstić information content (AvgIpc) is 2.53. The van der Waals surface area contributed by atoms with Gasteiger partial charge in [-0.25, -0.2) is 13.1 Å². The SMILES string of the molecule is Cc1ccc(S(=O)(=O)NCC(=O)NCc2ccccc2C)cc1. The highest BCUT2D eigenvalue weighted by Crippen LogP contribution is 2.09. The van der Waals surface area contributed by atoms with Crippen molar-refractivity contribution in [1.82, 2.24) is 10.0 Å². The Labute approximate surface area is 136 Å². The highest BCUT2D eigenvalue weighted by molar-refractivity contribution is 7.89. The van der Waals surface area contributed by atoms with Crippen LogP contribution in [0.2, 0.25) is 0 Å². The van der Waals surface area contributed by atoms with Crippen molar-refractivity contribution in [3.8, 4) is 0 Å². The maximum atomic E-state index is 12.1. The molecule has 0 saturated carbocycles. The lowest BCUT2D eigenvalue weighted by atomic mass is 10.1. The van der Waals surface area contributed by atoms with Gasteiger partial charge in [0.1, 0.15) is 0 Å². The van der Waals surface area contributed by atoms with Gasteiger partial charge in [-0.3, -0.25) is 4.79 Å². The monoisotopic (exact) mass is 332 g/mol. The molecule has 0 aliphatic heterocycles. The molecule has 2 aromatic rings. The van der Waals surface area contributed by atoms with Crippen molar-refractivity contribution >= 4 is 15.9 Å². The highest BCUT2D eigenvalue weighted by atomic mass is 32.2. The minimum absolute atomic E-state index is 0.148. The molecule has 1 amide bonds. The van der Waals surface area contributed by atoms with Gasteiger partial charge in [-0.05, 0) is 37.1 Å². The van der Waals surface area contributed by atoms with Crippen LogP contribution in [0.5, 0.6) is 0 Å². The Morgan fingerprint density at radius 2 is 1.65 bits per heavy atom. The molecule has 0 spiro atoms. The zero-order valence-electron chi connectivity index (χ0n) is 13.2. The molecule has 6 heteroatoms. The first-order chi connectivity index (χ1) is 10.9. The van der Waals surface area contributed by atoms with Crippen LogP contribution in [0, 0.1) is 13.8 Å². The third kappa shape index (κ3) is 4.91. The van der Waals surface area contributed by atoms with E-state index in [-0.39, 0.29) is 17.3 Å². The maximum Gasteiger partial charge on any atom is 0.241 e. The van der Waals surface area contributed by atoms with Crippen molar-refractivity contribution < 1.29 is 13.2 Å². The summed E-state index contributed by atoms with van der Waals surface area (Å²) in [7, 11) is -3.67. The number of benzene rings is 2. The summed E-state index contributed by atoms with van der Waals surface area (Å²) in [5, 5.41) is 2.71. The summed E-state index contributed by atoms with van der Waals surface area (Å²) in [5.41, 5.74) is 3.05. The lowest BCUT2D eigenvalue weighted by Gasteiger charge is -2.09. The fourth-order valence-electron chi connectivity index (χ4n) is 2.03. The largest absolute Gasteiger partial charge is 0.351 e. The van der Waals surface area contributed by atoms with Gasteiger partial charge < -0.3 is 5.32 Å². The normalized spacial score (nSPS) is 11.2. The van der Waals surface area contributed by atoms with Crippen LogP contribution >= 0.6 is 0 Å². The number of hydrogen-bond donors (Lipinski definition) is 2. The molecule has 5 nitrogen and oxygen atoms in total. The van der Waals surface area contributed by atoms with Crippen LogP contribution in [0.1, 0.15) is 16.7 Å². The summed E-state index contributed by atoms with van der Waals surface area (Å²) in [4.78, 5) is 12.0. The average molecular weight is 332 g/mol. The molecular weight excluding hydrogens is 312 g/mol. The van der Waals surface area contributed by atoms with E-state index in [1.54, 1.807) is 12.1 Å². The molecule has 0 aromatic heterocycles. The number of rotatable bonds is 6. The van der Waals surface area contributed by atoms with Gasteiger partial charge in [0.15, 0.2) is 0 Å². The molecule has 23 heavy (non-hydrogen) atoms. The standard InChI is InChI=1S/C17H20N2O3S/c1-13-7-9-16(10-8-13)23(21,22)19-12-17(20)18-11-15-6-4-3-5-14(15)2/h3-10,19H,11-12H2,1-2H3,(H,18,20). The quantitative estimate of drug-likeness (QED) is 0.848. The van der Waals surface area contributed by atoms with E-state index in [1.807, 2.05) is 38.1 Å². The molecule has 0 bridgehead atoms. The van der Waals surface area contributed by atoms with Crippen LogP contribution in [0.3, 0.4) is 0 Å². The summed E-state index contributed by atoms with van der Waals surface area (Å²) >= 11 is 0. The first-order valence-corrected chi connectivity index (χ1v) is 8.74. The van der Waals surface area contributed by atoms with Crippen molar-refractivity contribution in [1.29, 1.82) is 0 Å². The molecular formula is C17H20N2O3S. The van der Waals surface area contributed by atoms with Crippen LogP contribution in [0.25, 0.3) is 0 Å². The second-order valence-electron chi connectivity index (χ2n) is 5.34. The second-order valence-corrected chi connectivity index (χ2v) is 7.11. The number of sulfonamides is 1. The summed E-state index contributed by atoms with van der Waals surface area (Å²) in [6.45, 7) is 3.92. The van der Waals surface area contributed by atoms with Crippen molar-refractivity contribution in [2.45, 2.75) is 25.3 Å². The van der Waals surface area contributed by atoms with Crippen molar-refractivity contribution in [2.24, 2.45) is 0 Å². The minimum Gasteiger partial charge on any atom is -0.351 e. The van der Waals surface area contributed by atoms with Gasteiger partial charge in [0.25, 0.3) is 0 Å². The first-order valence-electron chi connectivity index (χ1n) is 7.26. The lowest BCUT2D eigenvalue weighted by molar-refractivity contribution is -0.120. The Hall–Kier alpha value is -2.18. The fraction of sp³-hybridized carbons (Fsp3) is 0.235. The molecule has 0 fully saturated rings. The molecule has 2 N–H and O–H groups in total. The van der Waals surface area contributed by atoms with Gasteiger partial charge >= 0.3 is 0 Å². The number of nitrogens with one attached hydrogen (secondary N) is 2. The van der Waals surface area contributed by atoms with Crippen LogP contribution in [-0.4, -0.2) is 20.9 Å². The summed E-state index contributed by atoms with van der Waals surface area (Å²) < 4.78 is 26.5. The molecule has 2 rings (SSSR count). The van der Waals surface area contributed by atoms with Crippen LogP contribution in [0.4, 0.5) is 0 Å².